The van der Waals surface area contributed by atoms with Crippen LogP contribution < -0.4 is 0 Å². The van der Waals surface area contributed by atoms with Gasteiger partial charge in [0.1, 0.15) is 11.5 Å². The topological polar surface area (TPSA) is 70.1 Å². The Balaban J connectivity index is 2.36. The lowest BCUT2D eigenvalue weighted by Crippen LogP contribution is -2.50. The average Bonchev–Trinajstić information content (AvgIpc) is 2.15. The lowest BCUT2D eigenvalue weighted by Gasteiger charge is -2.34. The van der Waals surface area contributed by atoms with Crippen LogP contribution >= 0.6 is 0 Å². The summed E-state index contributed by atoms with van der Waals surface area (Å²) in [5.41, 5.74) is -0.485. The minimum absolute atomic E-state index is 0.141. The van der Waals surface area contributed by atoms with Crippen LogP contribution in [0.5, 0.6) is 0 Å². The van der Waals surface area contributed by atoms with Crippen molar-refractivity contribution in [1.29, 1.82) is 0 Å². The second kappa shape index (κ2) is 5.79. The number of hydrogen-bond acceptors (Lipinski definition) is 4. The summed E-state index contributed by atoms with van der Waals surface area (Å²) in [5.74, 6) is 0.141. The first-order chi connectivity index (χ1) is 7.78. The van der Waals surface area contributed by atoms with Gasteiger partial charge < -0.3 is 14.2 Å². The van der Waals surface area contributed by atoms with Crippen LogP contribution in [0.15, 0.2) is 0 Å². The summed E-state index contributed by atoms with van der Waals surface area (Å²) in [6, 6.07) is 0. The Morgan fingerprint density at radius 1 is 1.29 bits per heavy atom. The lowest BCUT2D eigenvalue weighted by molar-refractivity contribution is 0.0159. The summed E-state index contributed by atoms with van der Waals surface area (Å²) in [6.45, 7) is 7.76. The molecule has 1 saturated heterocycles. The maximum absolute atomic E-state index is 11.7. The molecule has 6 nitrogen and oxygen atoms in total. The Hall–Kier alpha value is -0.660. The first kappa shape index (κ1) is 14.4. The van der Waals surface area contributed by atoms with Crippen LogP contribution in [-0.2, 0) is 15.8 Å². The zero-order valence-corrected chi connectivity index (χ0v) is 11.3. The van der Waals surface area contributed by atoms with Gasteiger partial charge in [-0.1, -0.05) is 0 Å². The van der Waals surface area contributed by atoms with E-state index in [4.69, 9.17) is 9.29 Å². The average molecular weight is 264 g/mol. The molecule has 1 fully saturated rings. The highest BCUT2D eigenvalue weighted by Gasteiger charge is 2.26. The van der Waals surface area contributed by atoms with E-state index in [9.17, 15) is 9.00 Å². The largest absolute Gasteiger partial charge is 0.444 e. The molecule has 1 aliphatic heterocycles. The Labute approximate surface area is 104 Å². The third kappa shape index (κ3) is 5.47. The molecule has 0 aromatic carbocycles. The lowest BCUT2D eigenvalue weighted by atomic mass is 10.2. The van der Waals surface area contributed by atoms with Gasteiger partial charge in [0.05, 0.1) is 0 Å². The zero-order chi connectivity index (χ0) is 13.1. The van der Waals surface area contributed by atoms with E-state index >= 15 is 0 Å². The summed E-state index contributed by atoms with van der Waals surface area (Å²) in [7, 11) is 0. The number of piperazine rings is 1. The number of rotatable bonds is 2. The number of amides is 1. The van der Waals surface area contributed by atoms with Gasteiger partial charge in [-0.2, -0.15) is 0 Å². The van der Waals surface area contributed by atoms with Crippen LogP contribution in [-0.4, -0.2) is 62.3 Å². The van der Waals surface area contributed by atoms with Crippen molar-refractivity contribution in [1.82, 2.24) is 9.80 Å². The van der Waals surface area contributed by atoms with Crippen molar-refractivity contribution in [3.8, 4) is 0 Å². The Bertz CT molecular complexity index is 295. The van der Waals surface area contributed by atoms with Gasteiger partial charge in [-0.15, -0.1) is 0 Å². The molecule has 1 N–H and O–H groups in total. The van der Waals surface area contributed by atoms with E-state index in [1.54, 1.807) is 4.90 Å². The first-order valence-electron chi connectivity index (χ1n) is 5.56. The van der Waals surface area contributed by atoms with Gasteiger partial charge in [-0.05, 0) is 20.8 Å². The van der Waals surface area contributed by atoms with E-state index < -0.39 is 16.7 Å². The highest BCUT2D eigenvalue weighted by Crippen LogP contribution is 2.11. The molecule has 1 amide bonds. The van der Waals surface area contributed by atoms with Crippen LogP contribution in [0.4, 0.5) is 4.79 Å². The summed E-state index contributed by atoms with van der Waals surface area (Å²) in [6.07, 6.45) is -0.317. The van der Waals surface area contributed by atoms with Gasteiger partial charge in [0.2, 0.25) is 0 Å². The van der Waals surface area contributed by atoms with Crippen LogP contribution in [0.2, 0.25) is 0 Å². The van der Waals surface area contributed by atoms with Crippen LogP contribution in [0.1, 0.15) is 20.8 Å². The number of hydrogen-bond donors (Lipinski definition) is 1. The fourth-order valence-corrected chi connectivity index (χ4v) is 2.11. The highest BCUT2D eigenvalue weighted by atomic mass is 32.2. The molecule has 1 aliphatic rings. The highest BCUT2D eigenvalue weighted by molar-refractivity contribution is 7.79. The fourth-order valence-electron chi connectivity index (χ4n) is 1.54. The van der Waals surface area contributed by atoms with Crippen molar-refractivity contribution in [3.05, 3.63) is 0 Å². The molecule has 1 rings (SSSR count). The predicted octanol–water partition coefficient (Wildman–Crippen LogP) is 0.718. The number of carbonyl (C=O) groups is 1. The summed E-state index contributed by atoms with van der Waals surface area (Å²) < 4.78 is 24.6. The first-order valence-corrected chi connectivity index (χ1v) is 6.83. The number of nitrogens with zero attached hydrogens (tertiary/aromatic N) is 2. The van der Waals surface area contributed by atoms with Gasteiger partial charge in [0.15, 0.2) is 11.1 Å². The number of carbonyl (C=O) groups excluding carboxylic acids is 1. The van der Waals surface area contributed by atoms with Gasteiger partial charge >= 0.3 is 6.09 Å². The van der Waals surface area contributed by atoms with Crippen molar-refractivity contribution in [2.45, 2.75) is 26.4 Å². The quantitative estimate of drug-likeness (QED) is 0.744. The number of ether oxygens (including phenoxy) is 1. The van der Waals surface area contributed by atoms with Crippen molar-refractivity contribution in [3.63, 3.8) is 0 Å². The van der Waals surface area contributed by atoms with Gasteiger partial charge in [0, 0.05) is 26.2 Å². The molecule has 0 spiro atoms. The standard InChI is InChI=1S/C10H20N2O4S/c1-10(2,3)16-9(13)12-6-4-11(5-7-12)8-17(14)15/h4-8H2,1-3H3,(H,14,15). The van der Waals surface area contributed by atoms with Crippen LogP contribution in [0.3, 0.4) is 0 Å². The van der Waals surface area contributed by atoms with Crippen LogP contribution in [0.25, 0.3) is 0 Å². The van der Waals surface area contributed by atoms with Crippen molar-refractivity contribution in [2.75, 3.05) is 32.1 Å². The molecule has 0 aliphatic carbocycles. The molecule has 1 unspecified atom stereocenters. The molecular weight excluding hydrogens is 244 g/mol. The maximum Gasteiger partial charge on any atom is 0.410 e. The Morgan fingerprint density at radius 2 is 1.82 bits per heavy atom. The normalized spacial score (nSPS) is 20.1. The van der Waals surface area contributed by atoms with E-state index in [0.717, 1.165) is 0 Å². The molecule has 100 valence electrons. The molecule has 7 heteroatoms. The van der Waals surface area contributed by atoms with Crippen molar-refractivity contribution >= 4 is 17.2 Å². The van der Waals surface area contributed by atoms with Crippen molar-refractivity contribution < 1.29 is 18.3 Å². The Morgan fingerprint density at radius 3 is 2.24 bits per heavy atom. The summed E-state index contributed by atoms with van der Waals surface area (Å²) >= 11 is -1.81. The molecule has 0 aromatic heterocycles. The molecule has 17 heavy (non-hydrogen) atoms. The van der Waals surface area contributed by atoms with E-state index in [-0.39, 0.29) is 12.0 Å². The van der Waals surface area contributed by atoms with Crippen molar-refractivity contribution in [2.24, 2.45) is 0 Å². The molecule has 1 heterocycles. The monoisotopic (exact) mass is 264 g/mol. The van der Waals surface area contributed by atoms with E-state index in [1.807, 2.05) is 25.7 Å². The molecule has 1 atom stereocenters. The van der Waals surface area contributed by atoms with Gasteiger partial charge in [-0.25, -0.2) is 9.00 Å². The molecule has 0 aromatic rings. The molecular formula is C10H20N2O4S. The second-order valence-electron chi connectivity index (χ2n) is 5.04. The third-order valence-corrected chi connectivity index (χ3v) is 2.90. The molecule has 0 saturated carbocycles. The minimum atomic E-state index is -1.81. The summed E-state index contributed by atoms with van der Waals surface area (Å²) in [4.78, 5) is 15.2. The van der Waals surface area contributed by atoms with Crippen LogP contribution in [0, 0.1) is 0 Å². The SMILES string of the molecule is CC(C)(C)OC(=O)N1CCN(CS(=O)O)CC1. The third-order valence-electron chi connectivity index (χ3n) is 2.32. The molecule has 0 bridgehead atoms. The van der Waals surface area contributed by atoms with E-state index in [1.165, 1.54) is 0 Å². The predicted molar refractivity (Wildman–Crippen MR) is 65.0 cm³/mol. The van der Waals surface area contributed by atoms with E-state index in [2.05, 4.69) is 0 Å². The van der Waals surface area contributed by atoms with Gasteiger partial charge in [-0.3, -0.25) is 4.90 Å². The smallest absolute Gasteiger partial charge is 0.410 e. The van der Waals surface area contributed by atoms with E-state index in [0.29, 0.717) is 26.2 Å². The summed E-state index contributed by atoms with van der Waals surface area (Å²) in [5, 5.41) is 0. The zero-order valence-electron chi connectivity index (χ0n) is 10.5. The fraction of sp³-hybridized carbons (Fsp3) is 0.900. The van der Waals surface area contributed by atoms with Gasteiger partial charge in [0.25, 0.3) is 0 Å². The maximum atomic E-state index is 11.7. The Kier molecular flexibility index (Phi) is 4.91. The minimum Gasteiger partial charge on any atom is -0.444 e. The second-order valence-corrected chi connectivity index (χ2v) is 5.94. The molecule has 0 radical (unpaired) electrons.